The molecule has 0 radical (unpaired) electrons. The van der Waals surface area contributed by atoms with Crippen molar-refractivity contribution in [2.45, 2.75) is 52.1 Å². The molecule has 26 heavy (non-hydrogen) atoms. The van der Waals surface area contributed by atoms with Crippen LogP contribution in [-0.2, 0) is 18.3 Å². The van der Waals surface area contributed by atoms with Crippen LogP contribution in [-0.4, -0.2) is 71.1 Å². The van der Waals surface area contributed by atoms with Crippen LogP contribution in [0.15, 0.2) is 4.99 Å². The smallest absolute Gasteiger partial charge is 0.191 e. The molecular weight excluding hydrogens is 330 g/mol. The molecule has 0 amide bonds. The number of nitrogens with one attached hydrogen (secondary N) is 2. The van der Waals surface area contributed by atoms with Gasteiger partial charge in [0, 0.05) is 32.8 Å². The summed E-state index contributed by atoms with van der Waals surface area (Å²) in [6, 6.07) is 0. The summed E-state index contributed by atoms with van der Waals surface area (Å²) in [7, 11) is 3.67. The molecule has 1 fully saturated rings. The van der Waals surface area contributed by atoms with Crippen molar-refractivity contribution < 1.29 is 4.74 Å². The molecule has 8 nitrogen and oxygen atoms in total. The van der Waals surface area contributed by atoms with E-state index in [0.29, 0.717) is 19.7 Å². The molecule has 0 bridgehead atoms. The van der Waals surface area contributed by atoms with Gasteiger partial charge in [0.2, 0.25) is 0 Å². The largest absolute Gasteiger partial charge is 0.383 e. The number of hydrogen-bond donors (Lipinski definition) is 2. The lowest BCUT2D eigenvalue weighted by molar-refractivity contribution is 0.0982. The van der Waals surface area contributed by atoms with Gasteiger partial charge in [-0.05, 0) is 46.7 Å². The van der Waals surface area contributed by atoms with E-state index in [1.807, 2.05) is 18.5 Å². The van der Waals surface area contributed by atoms with Crippen molar-refractivity contribution in [3.05, 3.63) is 11.6 Å². The zero-order valence-electron chi connectivity index (χ0n) is 17.0. The minimum Gasteiger partial charge on any atom is -0.383 e. The quantitative estimate of drug-likeness (QED) is 0.408. The van der Waals surface area contributed by atoms with Gasteiger partial charge in [-0.1, -0.05) is 6.42 Å². The summed E-state index contributed by atoms with van der Waals surface area (Å²) < 4.78 is 7.10. The van der Waals surface area contributed by atoms with Crippen LogP contribution in [0.2, 0.25) is 0 Å². The number of aryl methyl sites for hydroxylation is 1. The maximum Gasteiger partial charge on any atom is 0.191 e. The first kappa shape index (κ1) is 20.6. The predicted molar refractivity (Wildman–Crippen MR) is 104 cm³/mol. The van der Waals surface area contributed by atoms with Gasteiger partial charge in [0.1, 0.15) is 12.4 Å². The molecule has 1 aliphatic rings. The Labute approximate surface area is 157 Å². The predicted octanol–water partition coefficient (Wildman–Crippen LogP) is 1.07. The van der Waals surface area contributed by atoms with E-state index in [2.05, 4.69) is 44.6 Å². The van der Waals surface area contributed by atoms with Gasteiger partial charge in [0.05, 0.1) is 6.61 Å². The second-order valence-corrected chi connectivity index (χ2v) is 7.52. The summed E-state index contributed by atoms with van der Waals surface area (Å²) in [5.41, 5.74) is 0.0888. The standard InChI is InChI=1S/C18H35N7O/c1-15-22-23-16(24(15)4)13-20-17(19-9-12-26-5)21-14-18(2,3)25-10-7-6-8-11-25/h6-14H2,1-5H3,(H2,19,20,21). The van der Waals surface area contributed by atoms with Crippen molar-refractivity contribution in [1.82, 2.24) is 30.3 Å². The van der Waals surface area contributed by atoms with Crippen LogP contribution in [0, 0.1) is 6.92 Å². The fourth-order valence-corrected chi connectivity index (χ4v) is 3.10. The Kier molecular flexibility index (Phi) is 7.84. The Hall–Kier alpha value is -1.67. The highest BCUT2D eigenvalue weighted by atomic mass is 16.5. The molecule has 0 atom stereocenters. The molecule has 148 valence electrons. The van der Waals surface area contributed by atoms with Gasteiger partial charge < -0.3 is 19.9 Å². The molecule has 0 saturated carbocycles. The molecule has 8 heteroatoms. The Balaban J connectivity index is 1.96. The first-order chi connectivity index (χ1) is 12.4. The second-order valence-electron chi connectivity index (χ2n) is 7.52. The molecule has 0 unspecified atom stereocenters. The summed E-state index contributed by atoms with van der Waals surface area (Å²) in [6.07, 6.45) is 3.94. The van der Waals surface area contributed by atoms with Crippen LogP contribution in [0.5, 0.6) is 0 Å². The lowest BCUT2D eigenvalue weighted by Crippen LogP contribution is -2.55. The van der Waals surface area contributed by atoms with Crippen LogP contribution in [0.1, 0.15) is 44.8 Å². The van der Waals surface area contributed by atoms with Gasteiger partial charge in [0.25, 0.3) is 0 Å². The number of hydrogen-bond acceptors (Lipinski definition) is 5. The number of aromatic nitrogens is 3. The van der Waals surface area contributed by atoms with Crippen molar-refractivity contribution in [3.8, 4) is 0 Å². The fraction of sp³-hybridized carbons (Fsp3) is 0.833. The van der Waals surface area contributed by atoms with Gasteiger partial charge in [0.15, 0.2) is 11.8 Å². The number of guanidine groups is 1. The highest BCUT2D eigenvalue weighted by molar-refractivity contribution is 5.79. The topological polar surface area (TPSA) is 79.6 Å². The van der Waals surface area contributed by atoms with E-state index < -0.39 is 0 Å². The third-order valence-electron chi connectivity index (χ3n) is 5.06. The van der Waals surface area contributed by atoms with E-state index in [1.165, 1.54) is 32.4 Å². The monoisotopic (exact) mass is 365 g/mol. The normalized spacial score (nSPS) is 16.7. The number of likely N-dealkylation sites (tertiary alicyclic amines) is 1. The molecule has 1 aromatic rings. The summed E-state index contributed by atoms with van der Waals surface area (Å²) in [5, 5.41) is 15.1. The van der Waals surface area contributed by atoms with Crippen LogP contribution in [0.4, 0.5) is 0 Å². The van der Waals surface area contributed by atoms with E-state index in [0.717, 1.165) is 24.2 Å². The maximum absolute atomic E-state index is 5.14. The third-order valence-corrected chi connectivity index (χ3v) is 5.06. The average molecular weight is 366 g/mol. The molecule has 2 N–H and O–H groups in total. The molecule has 2 heterocycles. The van der Waals surface area contributed by atoms with E-state index in [1.54, 1.807) is 7.11 Å². The van der Waals surface area contributed by atoms with Gasteiger partial charge in [-0.2, -0.15) is 0 Å². The SMILES string of the molecule is COCCNC(=NCc1nnc(C)n1C)NCC(C)(C)N1CCCCC1. The maximum atomic E-state index is 5.14. The Morgan fingerprint density at radius 1 is 1.19 bits per heavy atom. The van der Waals surface area contributed by atoms with Crippen LogP contribution < -0.4 is 10.6 Å². The number of methoxy groups -OCH3 is 1. The highest BCUT2D eigenvalue weighted by Gasteiger charge is 2.27. The van der Waals surface area contributed by atoms with Crippen molar-refractivity contribution in [1.29, 1.82) is 0 Å². The zero-order chi connectivity index (χ0) is 19.0. The number of aliphatic imine (C=N–C) groups is 1. The summed E-state index contributed by atoms with van der Waals surface area (Å²) in [5.74, 6) is 2.53. The summed E-state index contributed by atoms with van der Waals surface area (Å²) in [4.78, 5) is 7.26. The van der Waals surface area contributed by atoms with Gasteiger partial charge in [-0.25, -0.2) is 4.99 Å². The first-order valence-corrected chi connectivity index (χ1v) is 9.55. The van der Waals surface area contributed by atoms with Gasteiger partial charge >= 0.3 is 0 Å². The first-order valence-electron chi connectivity index (χ1n) is 9.55. The van der Waals surface area contributed by atoms with E-state index in [4.69, 9.17) is 4.74 Å². The Morgan fingerprint density at radius 2 is 1.92 bits per heavy atom. The van der Waals surface area contributed by atoms with Crippen LogP contribution in [0.25, 0.3) is 0 Å². The van der Waals surface area contributed by atoms with Gasteiger partial charge in [-0.3, -0.25) is 4.90 Å². The highest BCUT2D eigenvalue weighted by Crippen LogP contribution is 2.19. The van der Waals surface area contributed by atoms with Gasteiger partial charge in [-0.15, -0.1) is 10.2 Å². The Bertz CT molecular complexity index is 576. The van der Waals surface area contributed by atoms with E-state index in [-0.39, 0.29) is 5.54 Å². The van der Waals surface area contributed by atoms with Crippen molar-refractivity contribution >= 4 is 5.96 Å². The molecule has 1 saturated heterocycles. The second kappa shape index (κ2) is 9.87. The van der Waals surface area contributed by atoms with Crippen LogP contribution >= 0.6 is 0 Å². The third kappa shape index (κ3) is 5.95. The van der Waals surface area contributed by atoms with Crippen LogP contribution in [0.3, 0.4) is 0 Å². The molecule has 0 aromatic carbocycles. The van der Waals surface area contributed by atoms with Crippen molar-refractivity contribution in [2.75, 3.05) is 39.9 Å². The van der Waals surface area contributed by atoms with E-state index >= 15 is 0 Å². The fourth-order valence-electron chi connectivity index (χ4n) is 3.10. The minimum atomic E-state index is 0.0888. The van der Waals surface area contributed by atoms with E-state index in [9.17, 15) is 0 Å². The molecule has 1 aliphatic heterocycles. The van der Waals surface area contributed by atoms with Crippen molar-refractivity contribution in [3.63, 3.8) is 0 Å². The number of rotatable bonds is 8. The average Bonchev–Trinajstić information content (AvgIpc) is 2.96. The molecule has 1 aromatic heterocycles. The van der Waals surface area contributed by atoms with Crippen molar-refractivity contribution in [2.24, 2.45) is 12.0 Å². The molecule has 0 aliphatic carbocycles. The minimum absolute atomic E-state index is 0.0888. The molecule has 2 rings (SSSR count). The molecule has 0 spiro atoms. The lowest BCUT2D eigenvalue weighted by Gasteiger charge is -2.41. The Morgan fingerprint density at radius 3 is 2.54 bits per heavy atom. The summed E-state index contributed by atoms with van der Waals surface area (Å²) in [6.45, 7) is 11.6. The summed E-state index contributed by atoms with van der Waals surface area (Å²) >= 11 is 0. The molecular formula is C18H35N7O. The number of piperidine rings is 1. The zero-order valence-corrected chi connectivity index (χ0v) is 17.0. The number of ether oxygens (including phenoxy) is 1. The number of nitrogens with zero attached hydrogens (tertiary/aromatic N) is 5. The lowest BCUT2D eigenvalue weighted by atomic mass is 9.98.